The van der Waals surface area contributed by atoms with Crippen molar-refractivity contribution < 1.29 is 19.2 Å². The second-order valence-electron chi connectivity index (χ2n) is 6.97. The van der Waals surface area contributed by atoms with Gasteiger partial charge >= 0.3 is 0 Å². The van der Waals surface area contributed by atoms with Crippen LogP contribution in [-0.2, 0) is 11.3 Å². The summed E-state index contributed by atoms with van der Waals surface area (Å²) < 4.78 is 6.29. The smallest absolute Gasteiger partial charge is 0.285 e. The predicted molar refractivity (Wildman–Crippen MR) is 108 cm³/mol. The van der Waals surface area contributed by atoms with Crippen LogP contribution in [0.2, 0.25) is 0 Å². The van der Waals surface area contributed by atoms with Crippen molar-refractivity contribution in [2.75, 3.05) is 33.3 Å². The maximum Gasteiger partial charge on any atom is 0.285 e. The number of benzene rings is 1. The Kier molecular flexibility index (Phi) is 6.14. The van der Waals surface area contributed by atoms with Crippen molar-refractivity contribution >= 4 is 17.5 Å². The molecule has 2 aromatic rings. The molecule has 30 heavy (non-hydrogen) atoms. The summed E-state index contributed by atoms with van der Waals surface area (Å²) in [5.74, 6) is 0.161. The zero-order valence-corrected chi connectivity index (χ0v) is 16.7. The largest absolute Gasteiger partial charge is 0.496 e. The first-order chi connectivity index (χ1) is 14.3. The topological polar surface area (TPSA) is 115 Å². The van der Waals surface area contributed by atoms with Gasteiger partial charge in [0, 0.05) is 43.9 Å². The molecule has 2 heterocycles. The quantitative estimate of drug-likeness (QED) is 0.534. The van der Waals surface area contributed by atoms with Crippen LogP contribution < -0.4 is 10.3 Å². The molecule has 1 aliphatic rings. The van der Waals surface area contributed by atoms with E-state index < -0.39 is 10.5 Å². The van der Waals surface area contributed by atoms with Crippen molar-refractivity contribution in [3.8, 4) is 5.75 Å². The fourth-order valence-electron chi connectivity index (χ4n) is 3.29. The molecule has 1 aromatic heterocycles. The molecule has 10 heteroatoms. The van der Waals surface area contributed by atoms with Crippen LogP contribution in [0, 0.1) is 17.0 Å². The van der Waals surface area contributed by atoms with E-state index in [0.717, 1.165) is 28.5 Å². The van der Waals surface area contributed by atoms with E-state index in [2.05, 4.69) is 0 Å². The number of hydrogen-bond donors (Lipinski definition) is 0. The van der Waals surface area contributed by atoms with Gasteiger partial charge in [-0.1, -0.05) is 6.07 Å². The van der Waals surface area contributed by atoms with E-state index in [1.165, 1.54) is 0 Å². The number of ether oxygens (including phenoxy) is 1. The Labute approximate surface area is 172 Å². The van der Waals surface area contributed by atoms with Crippen LogP contribution in [0.5, 0.6) is 5.75 Å². The van der Waals surface area contributed by atoms with Gasteiger partial charge in [-0.3, -0.25) is 29.1 Å². The van der Waals surface area contributed by atoms with Gasteiger partial charge in [-0.25, -0.2) is 0 Å². The van der Waals surface area contributed by atoms with Gasteiger partial charge in [0.15, 0.2) is 0 Å². The van der Waals surface area contributed by atoms with Crippen molar-refractivity contribution in [1.82, 2.24) is 14.4 Å². The average molecular weight is 414 g/mol. The highest BCUT2D eigenvalue weighted by atomic mass is 16.6. The van der Waals surface area contributed by atoms with Crippen LogP contribution in [0.15, 0.2) is 41.3 Å². The van der Waals surface area contributed by atoms with Crippen molar-refractivity contribution in [2.45, 2.75) is 13.5 Å². The highest BCUT2D eigenvalue weighted by Gasteiger charge is 2.25. The Bertz CT molecular complexity index is 1040. The summed E-state index contributed by atoms with van der Waals surface area (Å²) in [6.45, 7) is 2.94. The number of aryl methyl sites for hydroxylation is 1. The highest BCUT2D eigenvalue weighted by molar-refractivity contribution is 5.95. The molecule has 0 unspecified atom stereocenters. The number of nitro groups is 1. The van der Waals surface area contributed by atoms with E-state index in [9.17, 15) is 24.5 Å². The van der Waals surface area contributed by atoms with Gasteiger partial charge in [0.2, 0.25) is 5.91 Å². The number of amides is 2. The zero-order valence-electron chi connectivity index (χ0n) is 16.7. The first-order valence-corrected chi connectivity index (χ1v) is 9.36. The number of carbonyl (C=O) groups is 2. The van der Waals surface area contributed by atoms with E-state index in [1.54, 1.807) is 29.0 Å². The van der Waals surface area contributed by atoms with Crippen molar-refractivity contribution in [1.29, 1.82) is 0 Å². The second kappa shape index (κ2) is 8.76. The SMILES string of the molecule is COc1cc(C(=O)N2CCN(C(=O)Cn3cc([N+](=O)[O-])ccc3=O)CC2)ccc1C. The highest BCUT2D eigenvalue weighted by Crippen LogP contribution is 2.20. The number of hydrogen-bond acceptors (Lipinski definition) is 6. The van der Waals surface area contributed by atoms with E-state index in [4.69, 9.17) is 4.74 Å². The molecule has 0 radical (unpaired) electrons. The van der Waals surface area contributed by atoms with Gasteiger partial charge < -0.3 is 14.5 Å². The minimum absolute atomic E-state index is 0.143. The summed E-state index contributed by atoms with van der Waals surface area (Å²) in [6, 6.07) is 7.44. The molecule has 1 fully saturated rings. The van der Waals surface area contributed by atoms with Crippen LogP contribution >= 0.6 is 0 Å². The molecule has 2 amide bonds. The molecule has 0 N–H and O–H groups in total. The summed E-state index contributed by atoms with van der Waals surface area (Å²) in [4.78, 5) is 50.7. The van der Waals surface area contributed by atoms with Crippen molar-refractivity contribution in [2.24, 2.45) is 0 Å². The monoisotopic (exact) mass is 414 g/mol. The number of pyridine rings is 1. The molecule has 10 nitrogen and oxygen atoms in total. The van der Waals surface area contributed by atoms with Gasteiger partial charge in [0.1, 0.15) is 12.3 Å². The number of aromatic nitrogens is 1. The number of carbonyl (C=O) groups excluding carboxylic acids is 2. The lowest BCUT2D eigenvalue weighted by atomic mass is 10.1. The zero-order chi connectivity index (χ0) is 21.8. The van der Waals surface area contributed by atoms with Crippen LogP contribution in [0.1, 0.15) is 15.9 Å². The maximum atomic E-state index is 12.8. The second-order valence-corrected chi connectivity index (χ2v) is 6.97. The molecule has 3 rings (SSSR count). The molecule has 0 spiro atoms. The third-order valence-corrected chi connectivity index (χ3v) is 5.06. The molecule has 0 saturated carbocycles. The molecule has 1 aliphatic heterocycles. The Hall–Kier alpha value is -3.69. The Morgan fingerprint density at radius 2 is 1.77 bits per heavy atom. The van der Waals surface area contributed by atoms with Gasteiger partial charge in [-0.15, -0.1) is 0 Å². The fraction of sp³-hybridized carbons (Fsp3) is 0.350. The summed E-state index contributed by atoms with van der Waals surface area (Å²) in [7, 11) is 1.55. The number of piperazine rings is 1. The van der Waals surface area contributed by atoms with Crippen molar-refractivity contribution in [3.05, 3.63) is 68.1 Å². The lowest BCUT2D eigenvalue weighted by Gasteiger charge is -2.35. The summed E-state index contributed by atoms with van der Waals surface area (Å²) in [5, 5.41) is 10.9. The molecule has 158 valence electrons. The summed E-state index contributed by atoms with van der Waals surface area (Å²) >= 11 is 0. The van der Waals surface area contributed by atoms with Crippen LogP contribution in [0.25, 0.3) is 0 Å². The lowest BCUT2D eigenvalue weighted by Crippen LogP contribution is -2.51. The van der Waals surface area contributed by atoms with E-state index in [-0.39, 0.29) is 24.0 Å². The van der Waals surface area contributed by atoms with Gasteiger partial charge in [0.05, 0.1) is 18.2 Å². The Morgan fingerprint density at radius 1 is 1.10 bits per heavy atom. The summed E-state index contributed by atoms with van der Waals surface area (Å²) in [5.41, 5.74) is 0.698. The fourth-order valence-corrected chi connectivity index (χ4v) is 3.29. The molecular weight excluding hydrogens is 392 g/mol. The van der Waals surface area contributed by atoms with Crippen LogP contribution in [0.4, 0.5) is 5.69 Å². The first kappa shape index (κ1) is 21.0. The van der Waals surface area contributed by atoms with Gasteiger partial charge in [-0.05, 0) is 24.6 Å². The molecule has 0 atom stereocenters. The first-order valence-electron chi connectivity index (χ1n) is 9.36. The third kappa shape index (κ3) is 4.48. The minimum atomic E-state index is -0.620. The van der Waals surface area contributed by atoms with Crippen LogP contribution in [0.3, 0.4) is 0 Å². The number of rotatable bonds is 5. The van der Waals surface area contributed by atoms with Gasteiger partial charge in [0.25, 0.3) is 17.2 Å². The molecule has 0 bridgehead atoms. The normalized spacial score (nSPS) is 13.8. The Morgan fingerprint density at radius 3 is 2.40 bits per heavy atom. The molecule has 1 aromatic carbocycles. The summed E-state index contributed by atoms with van der Waals surface area (Å²) in [6.07, 6.45) is 1.06. The molecule has 1 saturated heterocycles. The molecule has 0 aliphatic carbocycles. The minimum Gasteiger partial charge on any atom is -0.496 e. The molecular formula is C20H22N4O6. The van der Waals surface area contributed by atoms with Crippen LogP contribution in [-0.4, -0.2) is 64.4 Å². The van der Waals surface area contributed by atoms with Gasteiger partial charge in [-0.2, -0.15) is 0 Å². The lowest BCUT2D eigenvalue weighted by molar-refractivity contribution is -0.385. The number of methoxy groups -OCH3 is 1. The van der Waals surface area contributed by atoms with E-state index in [1.807, 2.05) is 13.0 Å². The third-order valence-electron chi connectivity index (χ3n) is 5.06. The standard InChI is InChI=1S/C20H22N4O6/c1-14-3-4-15(11-17(14)30-2)20(27)22-9-7-21(8-10-22)19(26)13-23-12-16(24(28)29)5-6-18(23)25/h3-6,11-12H,7-10,13H2,1-2H3. The predicted octanol–water partition coefficient (Wildman–Crippen LogP) is 1.06. The van der Waals surface area contributed by atoms with E-state index in [0.29, 0.717) is 37.5 Å². The number of nitrogens with zero attached hydrogens (tertiary/aromatic N) is 4. The Balaban J connectivity index is 1.62. The maximum absolute atomic E-state index is 12.8. The average Bonchev–Trinajstić information content (AvgIpc) is 2.75. The van der Waals surface area contributed by atoms with Crippen molar-refractivity contribution in [3.63, 3.8) is 0 Å². The van der Waals surface area contributed by atoms with E-state index >= 15 is 0 Å².